The maximum absolute atomic E-state index is 11.5. The summed E-state index contributed by atoms with van der Waals surface area (Å²) >= 11 is 0. The van der Waals surface area contributed by atoms with E-state index in [1.165, 1.54) is 18.4 Å². The van der Waals surface area contributed by atoms with Crippen molar-refractivity contribution in [2.45, 2.75) is 44.2 Å². The predicted octanol–water partition coefficient (Wildman–Crippen LogP) is 1.81. The minimum absolute atomic E-state index is 0.191. The average Bonchev–Trinajstić information content (AvgIpc) is 2.97. The van der Waals surface area contributed by atoms with Gasteiger partial charge in [0.15, 0.2) is 0 Å². The molecular weight excluding hydrogens is 250 g/mol. The molecular formula is C16H25N3O. The van der Waals surface area contributed by atoms with E-state index in [0.29, 0.717) is 19.1 Å². The van der Waals surface area contributed by atoms with E-state index in [0.717, 1.165) is 19.3 Å². The van der Waals surface area contributed by atoms with Crippen LogP contribution in [-0.2, 0) is 4.79 Å². The largest absolute Gasteiger partial charge is 0.369 e. The van der Waals surface area contributed by atoms with Gasteiger partial charge < -0.3 is 11.5 Å². The number of rotatable bonds is 7. The van der Waals surface area contributed by atoms with E-state index in [1.54, 1.807) is 0 Å². The topological polar surface area (TPSA) is 72.3 Å². The predicted molar refractivity (Wildman–Crippen MR) is 81.0 cm³/mol. The van der Waals surface area contributed by atoms with Crippen molar-refractivity contribution in [3.8, 4) is 0 Å². The fourth-order valence-electron chi connectivity index (χ4n) is 3.27. The maximum atomic E-state index is 11.5. The smallest absolute Gasteiger partial charge is 0.231 e. The molecule has 0 spiro atoms. The summed E-state index contributed by atoms with van der Waals surface area (Å²) in [5.74, 6) is -0.255. The first-order valence-corrected chi connectivity index (χ1v) is 7.51. The third-order valence-electron chi connectivity index (χ3n) is 4.16. The van der Waals surface area contributed by atoms with Gasteiger partial charge in [0.05, 0.1) is 6.54 Å². The van der Waals surface area contributed by atoms with Crippen molar-refractivity contribution >= 4 is 5.91 Å². The first kappa shape index (κ1) is 15.0. The van der Waals surface area contributed by atoms with E-state index in [1.807, 2.05) is 18.2 Å². The molecule has 4 N–H and O–H groups in total. The molecule has 4 nitrogen and oxygen atoms in total. The van der Waals surface area contributed by atoms with E-state index in [9.17, 15) is 4.79 Å². The second kappa shape index (κ2) is 7.41. The summed E-state index contributed by atoms with van der Waals surface area (Å²) < 4.78 is 0. The zero-order chi connectivity index (χ0) is 14.4. The van der Waals surface area contributed by atoms with Crippen LogP contribution < -0.4 is 11.5 Å². The number of hydrogen-bond donors (Lipinski definition) is 2. The molecule has 1 atom stereocenters. The molecule has 0 aliphatic heterocycles. The van der Waals surface area contributed by atoms with Crippen molar-refractivity contribution in [2.24, 2.45) is 11.5 Å². The Balaban J connectivity index is 2.23. The summed E-state index contributed by atoms with van der Waals surface area (Å²) in [7, 11) is 0. The Morgan fingerprint density at radius 2 is 1.90 bits per heavy atom. The summed E-state index contributed by atoms with van der Waals surface area (Å²) in [6.07, 6.45) is 5.64. The number of nitrogens with two attached hydrogens (primary N) is 2. The normalized spacial score (nSPS) is 17.5. The summed E-state index contributed by atoms with van der Waals surface area (Å²) in [6, 6.07) is 11.0. The van der Waals surface area contributed by atoms with Crippen LogP contribution in [0.4, 0.5) is 0 Å². The van der Waals surface area contributed by atoms with Gasteiger partial charge in [-0.05, 0) is 31.4 Å². The van der Waals surface area contributed by atoms with E-state index < -0.39 is 0 Å². The lowest BCUT2D eigenvalue weighted by molar-refractivity contribution is -0.120. The van der Waals surface area contributed by atoms with Crippen LogP contribution in [0.1, 0.15) is 43.7 Å². The maximum Gasteiger partial charge on any atom is 0.231 e. The number of carbonyl (C=O) groups is 1. The van der Waals surface area contributed by atoms with E-state index in [2.05, 4.69) is 17.0 Å². The number of hydrogen-bond acceptors (Lipinski definition) is 3. The Hall–Kier alpha value is -1.39. The Morgan fingerprint density at radius 3 is 2.45 bits per heavy atom. The highest BCUT2D eigenvalue weighted by Crippen LogP contribution is 2.32. The Kier molecular flexibility index (Phi) is 5.56. The lowest BCUT2D eigenvalue weighted by Gasteiger charge is -2.36. The number of carbonyl (C=O) groups excluding carboxylic acids is 1. The van der Waals surface area contributed by atoms with Crippen LogP contribution in [0.2, 0.25) is 0 Å². The molecule has 1 aromatic carbocycles. The second-order valence-corrected chi connectivity index (χ2v) is 5.58. The molecule has 0 bridgehead atoms. The minimum atomic E-state index is -0.255. The highest BCUT2D eigenvalue weighted by atomic mass is 16.1. The van der Waals surface area contributed by atoms with Gasteiger partial charge in [-0.1, -0.05) is 43.2 Å². The number of amides is 1. The van der Waals surface area contributed by atoms with Crippen molar-refractivity contribution in [1.29, 1.82) is 0 Å². The standard InChI is InChI=1S/C16H25N3O/c17-11-10-15(13-6-2-1-3-7-13)19(12-16(18)20)14-8-4-5-9-14/h1-3,6-7,14-15H,4-5,8-12,17H2,(H2,18,20). The molecule has 1 saturated carbocycles. The summed E-state index contributed by atoms with van der Waals surface area (Å²) in [6.45, 7) is 0.936. The third-order valence-corrected chi connectivity index (χ3v) is 4.16. The van der Waals surface area contributed by atoms with Gasteiger partial charge in [-0.25, -0.2) is 0 Å². The van der Waals surface area contributed by atoms with Gasteiger partial charge in [-0.15, -0.1) is 0 Å². The summed E-state index contributed by atoms with van der Waals surface area (Å²) in [5, 5.41) is 0. The molecule has 0 heterocycles. The Bertz CT molecular complexity index is 415. The highest BCUT2D eigenvalue weighted by molar-refractivity contribution is 5.76. The number of benzene rings is 1. The molecule has 2 rings (SSSR count). The minimum Gasteiger partial charge on any atom is -0.369 e. The van der Waals surface area contributed by atoms with Gasteiger partial charge >= 0.3 is 0 Å². The van der Waals surface area contributed by atoms with Gasteiger partial charge in [0.1, 0.15) is 0 Å². The monoisotopic (exact) mass is 275 g/mol. The molecule has 0 saturated heterocycles. The molecule has 1 amide bonds. The SMILES string of the molecule is NCCC(c1ccccc1)N(CC(N)=O)C1CCCC1. The van der Waals surface area contributed by atoms with E-state index in [4.69, 9.17) is 11.5 Å². The summed E-state index contributed by atoms with van der Waals surface area (Å²) in [5.41, 5.74) is 12.5. The van der Waals surface area contributed by atoms with E-state index >= 15 is 0 Å². The third kappa shape index (κ3) is 3.81. The molecule has 1 unspecified atom stereocenters. The van der Waals surface area contributed by atoms with Crippen molar-refractivity contribution in [1.82, 2.24) is 4.90 Å². The Labute approximate surface area is 121 Å². The van der Waals surface area contributed by atoms with Crippen LogP contribution in [0.15, 0.2) is 30.3 Å². The molecule has 4 heteroatoms. The average molecular weight is 275 g/mol. The molecule has 1 aliphatic rings. The van der Waals surface area contributed by atoms with Crippen molar-refractivity contribution in [3.63, 3.8) is 0 Å². The van der Waals surface area contributed by atoms with Crippen LogP contribution >= 0.6 is 0 Å². The van der Waals surface area contributed by atoms with Crippen LogP contribution in [-0.4, -0.2) is 29.9 Å². The zero-order valence-corrected chi connectivity index (χ0v) is 12.0. The molecule has 1 aliphatic carbocycles. The van der Waals surface area contributed by atoms with Crippen LogP contribution in [0.5, 0.6) is 0 Å². The lowest BCUT2D eigenvalue weighted by Crippen LogP contribution is -2.43. The van der Waals surface area contributed by atoms with Gasteiger partial charge in [0.25, 0.3) is 0 Å². The van der Waals surface area contributed by atoms with Crippen LogP contribution in [0.3, 0.4) is 0 Å². The highest BCUT2D eigenvalue weighted by Gasteiger charge is 2.30. The first-order valence-electron chi connectivity index (χ1n) is 7.51. The quantitative estimate of drug-likeness (QED) is 0.797. The van der Waals surface area contributed by atoms with Crippen molar-refractivity contribution in [2.75, 3.05) is 13.1 Å². The zero-order valence-electron chi connectivity index (χ0n) is 12.0. The molecule has 1 fully saturated rings. The molecule has 0 aromatic heterocycles. The summed E-state index contributed by atoms with van der Waals surface area (Å²) in [4.78, 5) is 13.7. The van der Waals surface area contributed by atoms with Crippen molar-refractivity contribution < 1.29 is 4.79 Å². The molecule has 20 heavy (non-hydrogen) atoms. The molecule has 110 valence electrons. The number of primary amides is 1. The Morgan fingerprint density at radius 1 is 1.25 bits per heavy atom. The lowest BCUT2D eigenvalue weighted by atomic mass is 9.99. The van der Waals surface area contributed by atoms with Gasteiger partial charge in [0, 0.05) is 12.1 Å². The van der Waals surface area contributed by atoms with Crippen LogP contribution in [0, 0.1) is 0 Å². The molecule has 1 aromatic rings. The van der Waals surface area contributed by atoms with Gasteiger partial charge in [-0.2, -0.15) is 0 Å². The second-order valence-electron chi connectivity index (χ2n) is 5.58. The van der Waals surface area contributed by atoms with Crippen molar-refractivity contribution in [3.05, 3.63) is 35.9 Å². The molecule has 0 radical (unpaired) electrons. The van der Waals surface area contributed by atoms with Gasteiger partial charge in [0.2, 0.25) is 5.91 Å². The fraction of sp³-hybridized carbons (Fsp3) is 0.562. The van der Waals surface area contributed by atoms with Crippen LogP contribution in [0.25, 0.3) is 0 Å². The number of nitrogens with zero attached hydrogens (tertiary/aromatic N) is 1. The van der Waals surface area contributed by atoms with E-state index in [-0.39, 0.29) is 11.9 Å². The first-order chi connectivity index (χ1) is 9.72. The van der Waals surface area contributed by atoms with Gasteiger partial charge in [-0.3, -0.25) is 9.69 Å². The fourth-order valence-corrected chi connectivity index (χ4v) is 3.27.